The summed E-state index contributed by atoms with van der Waals surface area (Å²) in [6.07, 6.45) is 3.97. The summed E-state index contributed by atoms with van der Waals surface area (Å²) in [5.74, 6) is 0.465. The van der Waals surface area contributed by atoms with Gasteiger partial charge in [-0.1, -0.05) is 18.9 Å². The quantitative estimate of drug-likeness (QED) is 0.851. The van der Waals surface area contributed by atoms with Crippen molar-refractivity contribution in [2.45, 2.75) is 64.1 Å². The van der Waals surface area contributed by atoms with Gasteiger partial charge in [0.15, 0.2) is 0 Å². The van der Waals surface area contributed by atoms with Crippen LogP contribution >= 0.6 is 0 Å². The van der Waals surface area contributed by atoms with Gasteiger partial charge in [0.2, 0.25) is 5.89 Å². The molecule has 108 valence electrons. The Kier molecular flexibility index (Phi) is 4.42. The summed E-state index contributed by atoms with van der Waals surface area (Å²) in [4.78, 5) is 0. The van der Waals surface area contributed by atoms with Gasteiger partial charge in [-0.25, -0.2) is 0 Å². The molecule has 2 heterocycles. The van der Waals surface area contributed by atoms with Crippen molar-refractivity contribution in [2.24, 2.45) is 5.73 Å². The first-order valence-electron chi connectivity index (χ1n) is 7.08. The van der Waals surface area contributed by atoms with E-state index in [0.717, 1.165) is 32.3 Å². The molecule has 0 bridgehead atoms. The number of nitrogens with two attached hydrogens (primary N) is 1. The monoisotopic (exact) mass is 268 g/mol. The van der Waals surface area contributed by atoms with Crippen LogP contribution in [0.4, 0.5) is 6.01 Å². The molecule has 3 N–H and O–H groups in total. The normalized spacial score (nSPS) is 24.1. The van der Waals surface area contributed by atoms with Crippen LogP contribution in [0.2, 0.25) is 0 Å². The third-order valence-electron chi connectivity index (χ3n) is 3.94. The van der Waals surface area contributed by atoms with E-state index in [9.17, 15) is 0 Å². The van der Waals surface area contributed by atoms with Gasteiger partial charge in [0.25, 0.3) is 0 Å². The minimum Gasteiger partial charge on any atom is -0.406 e. The summed E-state index contributed by atoms with van der Waals surface area (Å²) in [6, 6.07) is 0.540. The van der Waals surface area contributed by atoms with E-state index in [1.54, 1.807) is 0 Å². The van der Waals surface area contributed by atoms with E-state index in [1.165, 1.54) is 0 Å². The molecule has 0 radical (unpaired) electrons. The molecule has 0 spiro atoms. The smallest absolute Gasteiger partial charge is 0.315 e. The number of aromatic nitrogens is 2. The summed E-state index contributed by atoms with van der Waals surface area (Å²) in [6.45, 7) is 6.94. The summed E-state index contributed by atoms with van der Waals surface area (Å²) >= 11 is 0. The van der Waals surface area contributed by atoms with Crippen LogP contribution in [-0.2, 0) is 4.74 Å². The highest BCUT2D eigenvalue weighted by Gasteiger charge is 2.35. The molecule has 1 fully saturated rings. The number of nitrogens with zero attached hydrogens (tertiary/aromatic N) is 2. The lowest BCUT2D eigenvalue weighted by Gasteiger charge is -2.39. The fourth-order valence-electron chi connectivity index (χ4n) is 2.55. The maximum atomic E-state index is 5.95. The van der Waals surface area contributed by atoms with Gasteiger partial charge in [-0.3, -0.25) is 0 Å². The number of anilines is 1. The fraction of sp³-hybridized carbons (Fsp3) is 0.846. The van der Waals surface area contributed by atoms with Gasteiger partial charge >= 0.3 is 6.01 Å². The predicted molar refractivity (Wildman–Crippen MR) is 72.8 cm³/mol. The second-order valence-electron chi connectivity index (χ2n) is 5.31. The number of nitrogens with one attached hydrogen (secondary N) is 1. The summed E-state index contributed by atoms with van der Waals surface area (Å²) < 4.78 is 11.4. The first kappa shape index (κ1) is 14.3. The number of rotatable bonds is 5. The second-order valence-corrected chi connectivity index (χ2v) is 5.31. The summed E-state index contributed by atoms with van der Waals surface area (Å²) in [5, 5.41) is 11.2. The molecule has 2 rings (SSSR count). The van der Waals surface area contributed by atoms with Crippen LogP contribution < -0.4 is 11.1 Å². The lowest BCUT2D eigenvalue weighted by molar-refractivity contribution is -0.0866. The Morgan fingerprint density at radius 3 is 2.74 bits per heavy atom. The third-order valence-corrected chi connectivity index (χ3v) is 3.94. The van der Waals surface area contributed by atoms with Crippen molar-refractivity contribution in [2.75, 3.05) is 11.9 Å². The fourth-order valence-corrected chi connectivity index (χ4v) is 2.55. The van der Waals surface area contributed by atoms with E-state index >= 15 is 0 Å². The van der Waals surface area contributed by atoms with Crippen molar-refractivity contribution in [1.29, 1.82) is 0 Å². The molecule has 1 saturated heterocycles. The van der Waals surface area contributed by atoms with E-state index in [2.05, 4.69) is 29.4 Å². The highest BCUT2D eigenvalue weighted by atomic mass is 16.5. The molecule has 0 amide bonds. The van der Waals surface area contributed by atoms with Crippen LogP contribution in [-0.4, -0.2) is 28.4 Å². The molecular formula is C13H24N4O2. The molecule has 0 aromatic carbocycles. The molecule has 1 aromatic heterocycles. The lowest BCUT2D eigenvalue weighted by atomic mass is 9.86. The highest BCUT2D eigenvalue weighted by Crippen LogP contribution is 2.32. The van der Waals surface area contributed by atoms with Crippen LogP contribution in [0.15, 0.2) is 4.42 Å². The molecule has 0 saturated carbocycles. The maximum absolute atomic E-state index is 5.95. The molecule has 6 heteroatoms. The van der Waals surface area contributed by atoms with Gasteiger partial charge in [-0.15, -0.1) is 5.10 Å². The average Bonchev–Trinajstić information content (AvgIpc) is 2.87. The van der Waals surface area contributed by atoms with Gasteiger partial charge in [-0.2, -0.15) is 0 Å². The van der Waals surface area contributed by atoms with Crippen LogP contribution in [0.3, 0.4) is 0 Å². The molecule has 2 atom stereocenters. The SMILES string of the molecule is CCC1(CC)CC(Nc2nnc(C(C)N)o2)CCO1. The average molecular weight is 268 g/mol. The Hall–Kier alpha value is -1.14. The molecule has 19 heavy (non-hydrogen) atoms. The minimum absolute atomic E-state index is 0.0140. The van der Waals surface area contributed by atoms with Crippen molar-refractivity contribution < 1.29 is 9.15 Å². The first-order valence-corrected chi connectivity index (χ1v) is 7.08. The summed E-state index contributed by atoms with van der Waals surface area (Å²) in [7, 11) is 0. The predicted octanol–water partition coefficient (Wildman–Crippen LogP) is 2.24. The van der Waals surface area contributed by atoms with Gasteiger partial charge in [0.05, 0.1) is 11.6 Å². The van der Waals surface area contributed by atoms with E-state index in [1.807, 2.05) is 6.92 Å². The minimum atomic E-state index is -0.233. The molecule has 0 aliphatic carbocycles. The molecule has 2 unspecified atom stereocenters. The Labute approximate surface area is 114 Å². The Morgan fingerprint density at radius 2 is 2.16 bits per heavy atom. The van der Waals surface area contributed by atoms with Crippen molar-refractivity contribution in [1.82, 2.24) is 10.2 Å². The Morgan fingerprint density at radius 1 is 1.42 bits per heavy atom. The largest absolute Gasteiger partial charge is 0.406 e. The number of hydrogen-bond donors (Lipinski definition) is 2. The number of hydrogen-bond acceptors (Lipinski definition) is 6. The Balaban J connectivity index is 1.98. The Bertz CT molecular complexity index is 401. The molecule has 1 aliphatic rings. The van der Waals surface area contributed by atoms with Crippen LogP contribution in [0.25, 0.3) is 0 Å². The van der Waals surface area contributed by atoms with Crippen LogP contribution in [0.5, 0.6) is 0 Å². The van der Waals surface area contributed by atoms with E-state index in [0.29, 0.717) is 17.9 Å². The van der Waals surface area contributed by atoms with Gasteiger partial charge in [0.1, 0.15) is 0 Å². The highest BCUT2D eigenvalue weighted by molar-refractivity contribution is 5.20. The first-order chi connectivity index (χ1) is 9.08. The second kappa shape index (κ2) is 5.88. The zero-order valence-corrected chi connectivity index (χ0v) is 12.0. The molecular weight excluding hydrogens is 244 g/mol. The van der Waals surface area contributed by atoms with Crippen molar-refractivity contribution >= 4 is 6.01 Å². The zero-order chi connectivity index (χ0) is 13.9. The van der Waals surface area contributed by atoms with Gasteiger partial charge in [0, 0.05) is 12.6 Å². The third kappa shape index (κ3) is 3.25. The molecule has 1 aromatic rings. The van der Waals surface area contributed by atoms with Crippen molar-refractivity contribution in [3.05, 3.63) is 5.89 Å². The molecule has 1 aliphatic heterocycles. The van der Waals surface area contributed by atoms with Crippen LogP contribution in [0.1, 0.15) is 58.4 Å². The van der Waals surface area contributed by atoms with Crippen LogP contribution in [0, 0.1) is 0 Å². The molecule has 6 nitrogen and oxygen atoms in total. The van der Waals surface area contributed by atoms with Crippen molar-refractivity contribution in [3.63, 3.8) is 0 Å². The lowest BCUT2D eigenvalue weighted by Crippen LogP contribution is -2.43. The van der Waals surface area contributed by atoms with E-state index in [-0.39, 0.29) is 11.6 Å². The number of ether oxygens (including phenoxy) is 1. The maximum Gasteiger partial charge on any atom is 0.315 e. The van der Waals surface area contributed by atoms with Crippen molar-refractivity contribution in [3.8, 4) is 0 Å². The van der Waals surface area contributed by atoms with Gasteiger partial charge < -0.3 is 20.2 Å². The standard InChI is InChI=1S/C13H24N4O2/c1-4-13(5-2)8-10(6-7-18-13)15-12-17-16-11(19-12)9(3)14/h9-10H,4-8,14H2,1-3H3,(H,15,17). The summed E-state index contributed by atoms with van der Waals surface area (Å²) in [5.41, 5.74) is 5.69. The topological polar surface area (TPSA) is 86.2 Å². The van der Waals surface area contributed by atoms with E-state index < -0.39 is 0 Å². The van der Waals surface area contributed by atoms with E-state index in [4.69, 9.17) is 14.9 Å². The van der Waals surface area contributed by atoms with Gasteiger partial charge in [-0.05, 0) is 32.6 Å². The zero-order valence-electron chi connectivity index (χ0n) is 12.0.